The minimum absolute atomic E-state index is 0.216. The van der Waals surface area contributed by atoms with Crippen LogP contribution in [-0.4, -0.2) is 36.2 Å². The van der Waals surface area contributed by atoms with Gasteiger partial charge in [-0.1, -0.05) is 53.0 Å². The second-order valence-electron chi connectivity index (χ2n) is 9.91. The number of carbonyl (C=O) groups is 2. The summed E-state index contributed by atoms with van der Waals surface area (Å²) in [5.74, 6) is -0.217. The molecule has 46 heavy (non-hydrogen) atoms. The van der Waals surface area contributed by atoms with Crippen LogP contribution < -0.4 is 25.5 Å². The first kappa shape index (κ1) is 32.5. The fourth-order valence-corrected chi connectivity index (χ4v) is 5.32. The Hall–Kier alpha value is -4.90. The van der Waals surface area contributed by atoms with Crippen LogP contribution in [0.15, 0.2) is 95.4 Å². The summed E-state index contributed by atoms with van der Waals surface area (Å²) >= 11 is 13.9. The van der Waals surface area contributed by atoms with Gasteiger partial charge in [-0.05, 0) is 80.1 Å². The normalized spacial score (nSPS) is 10.9. The zero-order valence-corrected chi connectivity index (χ0v) is 27.2. The standard InChI is InChI=1S/C34H29Cl2N5O4S/c1-3-44-30-17-22(16-28(36)32(30)45-19-31(42)38-26-14-10-25(35)11-15-26)18-37-41-33(43)24-8-6-23(7-9-24)29-20-46-34(40-29)39-27-12-4-21(2)5-13-27/h4-18,20H,3,19H2,1-2H3,(H,38,42)(H,39,40)(H,41,43)/b37-18+. The average molecular weight is 675 g/mol. The number of amides is 2. The number of anilines is 3. The third-order valence-corrected chi connectivity index (χ3v) is 7.73. The Kier molecular flexibility index (Phi) is 10.9. The quantitative estimate of drug-likeness (QED) is 0.0906. The summed E-state index contributed by atoms with van der Waals surface area (Å²) in [6.45, 7) is 3.90. The molecule has 0 saturated heterocycles. The van der Waals surface area contributed by atoms with Gasteiger partial charge in [0.25, 0.3) is 11.8 Å². The van der Waals surface area contributed by atoms with Gasteiger partial charge < -0.3 is 20.1 Å². The molecule has 0 unspecified atom stereocenters. The van der Waals surface area contributed by atoms with Crippen LogP contribution in [0.1, 0.15) is 28.4 Å². The van der Waals surface area contributed by atoms with Crippen molar-refractivity contribution in [1.29, 1.82) is 0 Å². The molecule has 0 aliphatic carbocycles. The van der Waals surface area contributed by atoms with Gasteiger partial charge in [-0.2, -0.15) is 5.10 Å². The lowest BCUT2D eigenvalue weighted by atomic mass is 10.1. The highest BCUT2D eigenvalue weighted by molar-refractivity contribution is 7.14. The predicted molar refractivity (Wildman–Crippen MR) is 185 cm³/mol. The Morgan fingerprint density at radius 3 is 2.37 bits per heavy atom. The van der Waals surface area contributed by atoms with Crippen molar-refractivity contribution in [1.82, 2.24) is 10.4 Å². The summed E-state index contributed by atoms with van der Waals surface area (Å²) in [5, 5.41) is 13.6. The number of hydrogen-bond donors (Lipinski definition) is 3. The number of rotatable bonds is 12. The Morgan fingerprint density at radius 2 is 1.65 bits per heavy atom. The highest BCUT2D eigenvalue weighted by Gasteiger charge is 2.15. The van der Waals surface area contributed by atoms with Crippen molar-refractivity contribution in [3.8, 4) is 22.8 Å². The van der Waals surface area contributed by atoms with Crippen LogP contribution in [0.5, 0.6) is 11.5 Å². The zero-order valence-electron chi connectivity index (χ0n) is 24.8. The summed E-state index contributed by atoms with van der Waals surface area (Å²) in [5.41, 5.74) is 7.95. The largest absolute Gasteiger partial charge is 0.490 e. The molecule has 5 aromatic rings. The number of nitrogens with one attached hydrogen (secondary N) is 3. The third kappa shape index (κ3) is 8.85. The molecule has 12 heteroatoms. The van der Waals surface area contributed by atoms with E-state index < -0.39 is 0 Å². The van der Waals surface area contributed by atoms with Crippen molar-refractivity contribution in [2.45, 2.75) is 13.8 Å². The molecule has 0 aliphatic heterocycles. The lowest BCUT2D eigenvalue weighted by molar-refractivity contribution is -0.118. The van der Waals surface area contributed by atoms with Crippen molar-refractivity contribution in [2.75, 3.05) is 23.8 Å². The highest BCUT2D eigenvalue weighted by Crippen LogP contribution is 2.36. The van der Waals surface area contributed by atoms with E-state index in [0.717, 1.165) is 22.1 Å². The Labute approximate surface area is 280 Å². The van der Waals surface area contributed by atoms with Crippen molar-refractivity contribution in [3.05, 3.63) is 117 Å². The number of carbonyl (C=O) groups excluding carboxylic acids is 2. The lowest BCUT2D eigenvalue weighted by Crippen LogP contribution is -2.20. The van der Waals surface area contributed by atoms with E-state index in [9.17, 15) is 9.59 Å². The number of hydrazone groups is 1. The van der Waals surface area contributed by atoms with Crippen LogP contribution in [-0.2, 0) is 4.79 Å². The maximum Gasteiger partial charge on any atom is 0.271 e. The monoisotopic (exact) mass is 673 g/mol. The van der Waals surface area contributed by atoms with E-state index in [1.54, 1.807) is 48.5 Å². The molecule has 0 spiro atoms. The van der Waals surface area contributed by atoms with E-state index in [1.807, 2.05) is 55.6 Å². The highest BCUT2D eigenvalue weighted by atomic mass is 35.5. The maximum absolute atomic E-state index is 12.7. The second-order valence-corrected chi connectivity index (χ2v) is 11.6. The molecule has 0 saturated carbocycles. The van der Waals surface area contributed by atoms with E-state index in [0.29, 0.717) is 34.2 Å². The van der Waals surface area contributed by atoms with Crippen molar-refractivity contribution < 1.29 is 19.1 Å². The first-order valence-corrected chi connectivity index (χ1v) is 15.8. The molecule has 0 bridgehead atoms. The van der Waals surface area contributed by atoms with Crippen LogP contribution in [0.4, 0.5) is 16.5 Å². The molecule has 0 aliphatic rings. The molecular weight excluding hydrogens is 645 g/mol. The van der Waals surface area contributed by atoms with Gasteiger partial charge >= 0.3 is 0 Å². The van der Waals surface area contributed by atoms with Crippen molar-refractivity contribution in [2.24, 2.45) is 5.10 Å². The van der Waals surface area contributed by atoms with Crippen LogP contribution in [0.3, 0.4) is 0 Å². The van der Waals surface area contributed by atoms with Crippen LogP contribution in [0, 0.1) is 6.92 Å². The van der Waals surface area contributed by atoms with Gasteiger partial charge in [-0.25, -0.2) is 10.4 Å². The second kappa shape index (κ2) is 15.4. The van der Waals surface area contributed by atoms with E-state index in [4.69, 9.17) is 32.7 Å². The van der Waals surface area contributed by atoms with E-state index >= 15 is 0 Å². The number of benzene rings is 4. The molecule has 1 heterocycles. The van der Waals surface area contributed by atoms with Crippen LogP contribution in [0.2, 0.25) is 10.0 Å². The molecule has 0 radical (unpaired) electrons. The summed E-state index contributed by atoms with van der Waals surface area (Å²) < 4.78 is 11.4. The lowest BCUT2D eigenvalue weighted by Gasteiger charge is -2.14. The number of nitrogens with zero attached hydrogens (tertiary/aromatic N) is 2. The SMILES string of the molecule is CCOc1cc(/C=N/NC(=O)c2ccc(-c3csc(Nc4ccc(C)cc4)n3)cc2)cc(Cl)c1OCC(=O)Nc1ccc(Cl)cc1. The summed E-state index contributed by atoms with van der Waals surface area (Å²) in [6, 6.07) is 25.2. The summed E-state index contributed by atoms with van der Waals surface area (Å²) in [6.07, 6.45) is 1.44. The van der Waals surface area contributed by atoms with Crippen molar-refractivity contribution >= 4 is 69.1 Å². The molecule has 4 aromatic carbocycles. The van der Waals surface area contributed by atoms with Gasteiger partial charge in [-0.3, -0.25) is 9.59 Å². The summed E-state index contributed by atoms with van der Waals surface area (Å²) in [7, 11) is 0. The molecule has 1 aromatic heterocycles. The molecule has 234 valence electrons. The molecule has 2 amide bonds. The van der Waals surface area contributed by atoms with E-state index in [-0.39, 0.29) is 29.2 Å². The fraction of sp³-hybridized carbons (Fsp3) is 0.118. The van der Waals surface area contributed by atoms with Crippen molar-refractivity contribution in [3.63, 3.8) is 0 Å². The van der Waals surface area contributed by atoms with Crippen LogP contribution >= 0.6 is 34.5 Å². The maximum atomic E-state index is 12.7. The van der Waals surface area contributed by atoms with Crippen LogP contribution in [0.25, 0.3) is 11.3 Å². The number of ether oxygens (including phenoxy) is 2. The first-order valence-electron chi connectivity index (χ1n) is 14.1. The summed E-state index contributed by atoms with van der Waals surface area (Å²) in [4.78, 5) is 29.8. The smallest absolute Gasteiger partial charge is 0.271 e. The van der Waals surface area contributed by atoms with Gasteiger partial charge in [0.15, 0.2) is 23.2 Å². The third-order valence-electron chi connectivity index (χ3n) is 6.44. The number of aryl methyl sites for hydroxylation is 1. The molecule has 9 nitrogen and oxygen atoms in total. The topological polar surface area (TPSA) is 114 Å². The minimum Gasteiger partial charge on any atom is -0.490 e. The van der Waals surface area contributed by atoms with E-state index in [1.165, 1.54) is 23.1 Å². The molecule has 0 fully saturated rings. The Morgan fingerprint density at radius 1 is 0.935 bits per heavy atom. The Bertz CT molecular complexity index is 1840. The average Bonchev–Trinajstić information content (AvgIpc) is 3.51. The van der Waals surface area contributed by atoms with E-state index in [2.05, 4.69) is 26.1 Å². The van der Waals surface area contributed by atoms with Gasteiger partial charge in [0.05, 0.1) is 23.5 Å². The number of thiazole rings is 1. The minimum atomic E-state index is -0.384. The van der Waals surface area contributed by atoms with Gasteiger partial charge in [-0.15, -0.1) is 11.3 Å². The number of halogens is 2. The van der Waals surface area contributed by atoms with Gasteiger partial charge in [0.1, 0.15) is 0 Å². The molecule has 5 rings (SSSR count). The van der Waals surface area contributed by atoms with Gasteiger partial charge in [0.2, 0.25) is 0 Å². The number of aromatic nitrogens is 1. The predicted octanol–water partition coefficient (Wildman–Crippen LogP) is 8.35. The Balaban J connectivity index is 1.17. The zero-order chi connectivity index (χ0) is 32.5. The fourth-order valence-electron chi connectivity index (χ4n) is 4.18. The molecular formula is C34H29Cl2N5O4S. The molecule has 0 atom stereocenters. The molecule has 3 N–H and O–H groups in total. The first-order chi connectivity index (χ1) is 22.3. The number of hydrogen-bond acceptors (Lipinski definition) is 8. The van der Waals surface area contributed by atoms with Gasteiger partial charge in [0, 0.05) is 32.9 Å².